The molecule has 1 aromatic rings. The van der Waals surface area contributed by atoms with E-state index in [9.17, 15) is 18.8 Å². The second-order valence-corrected chi connectivity index (χ2v) is 7.99. The number of nitrogens with zero attached hydrogens (tertiary/aromatic N) is 2. The molecule has 164 valence electrons. The Morgan fingerprint density at radius 2 is 1.83 bits per heavy atom. The number of piperazine rings is 1. The third-order valence-corrected chi connectivity index (χ3v) is 5.74. The average Bonchev–Trinajstić information content (AvgIpc) is 3.20. The third kappa shape index (κ3) is 6.50. The number of imide groups is 1. The summed E-state index contributed by atoms with van der Waals surface area (Å²) in [6.45, 7) is 4.45. The Bertz CT molecular complexity index is 761. The molecule has 2 fully saturated rings. The maximum absolute atomic E-state index is 13.3. The Morgan fingerprint density at radius 1 is 1.13 bits per heavy atom. The lowest BCUT2D eigenvalue weighted by atomic mass is 10.2. The summed E-state index contributed by atoms with van der Waals surface area (Å²) in [6, 6.07) is 5.17. The van der Waals surface area contributed by atoms with Gasteiger partial charge in [0.25, 0.3) is 0 Å². The molecule has 1 saturated carbocycles. The van der Waals surface area contributed by atoms with Crippen LogP contribution in [0.2, 0.25) is 0 Å². The quantitative estimate of drug-likeness (QED) is 0.650. The number of nitrogens with one attached hydrogen (secondary N) is 3. The molecule has 8 nitrogen and oxygen atoms in total. The van der Waals surface area contributed by atoms with Gasteiger partial charge in [-0.3, -0.25) is 24.7 Å². The maximum Gasteiger partial charge on any atom is 0.321 e. The van der Waals surface area contributed by atoms with Crippen molar-refractivity contribution in [3.63, 3.8) is 0 Å². The van der Waals surface area contributed by atoms with Gasteiger partial charge in [0.15, 0.2) is 0 Å². The molecule has 1 aliphatic carbocycles. The largest absolute Gasteiger partial charge is 0.335 e. The number of anilines is 1. The summed E-state index contributed by atoms with van der Waals surface area (Å²) >= 11 is 0. The summed E-state index contributed by atoms with van der Waals surface area (Å²) in [5.41, 5.74) is 0.429. The van der Waals surface area contributed by atoms with E-state index in [2.05, 4.69) is 16.0 Å². The van der Waals surface area contributed by atoms with Gasteiger partial charge in [-0.05, 0) is 38.0 Å². The molecule has 0 spiro atoms. The molecular weight excluding hydrogens is 389 g/mol. The lowest BCUT2D eigenvalue weighted by Crippen LogP contribution is -2.55. The smallest absolute Gasteiger partial charge is 0.321 e. The number of halogens is 1. The summed E-state index contributed by atoms with van der Waals surface area (Å²) in [5.74, 6) is -0.921. The highest BCUT2D eigenvalue weighted by molar-refractivity contribution is 5.95. The van der Waals surface area contributed by atoms with E-state index in [-0.39, 0.29) is 30.4 Å². The standard InChI is InChI=1S/C21H30FN5O3/c1-15(20(29)23-18-8-4-5-16(22)13-18)27-11-9-26(10-12-27)14-19(28)25-21(30)24-17-6-2-3-7-17/h4-5,8,13,15,17H,2-3,6-7,9-12,14H2,1H3,(H,23,29)(H2,24,25,28,30). The van der Waals surface area contributed by atoms with Crippen molar-refractivity contribution in [2.45, 2.75) is 44.7 Å². The molecule has 30 heavy (non-hydrogen) atoms. The number of benzene rings is 1. The first-order valence-electron chi connectivity index (χ1n) is 10.5. The summed E-state index contributed by atoms with van der Waals surface area (Å²) in [4.78, 5) is 40.5. The second-order valence-electron chi connectivity index (χ2n) is 7.99. The van der Waals surface area contributed by atoms with E-state index in [0.717, 1.165) is 25.7 Å². The first kappa shape index (κ1) is 22.2. The van der Waals surface area contributed by atoms with Crippen LogP contribution in [-0.4, -0.2) is 72.5 Å². The normalized spacial score (nSPS) is 19.3. The molecule has 0 aromatic heterocycles. The van der Waals surface area contributed by atoms with E-state index in [4.69, 9.17) is 0 Å². The average molecular weight is 420 g/mol. The predicted molar refractivity (Wildman–Crippen MR) is 111 cm³/mol. The van der Waals surface area contributed by atoms with Crippen molar-refractivity contribution in [2.75, 3.05) is 38.0 Å². The van der Waals surface area contributed by atoms with Crippen LogP contribution in [0.15, 0.2) is 24.3 Å². The third-order valence-electron chi connectivity index (χ3n) is 5.74. The lowest BCUT2D eigenvalue weighted by molar-refractivity contribution is -0.124. The molecule has 0 radical (unpaired) electrons. The van der Waals surface area contributed by atoms with Crippen molar-refractivity contribution in [3.8, 4) is 0 Å². The topological polar surface area (TPSA) is 93.8 Å². The van der Waals surface area contributed by atoms with Crippen molar-refractivity contribution in [1.82, 2.24) is 20.4 Å². The van der Waals surface area contributed by atoms with Gasteiger partial charge in [-0.25, -0.2) is 9.18 Å². The molecule has 1 aliphatic heterocycles. The summed E-state index contributed by atoms with van der Waals surface area (Å²) in [7, 11) is 0. The number of amides is 4. The molecule has 1 atom stereocenters. The number of rotatable bonds is 6. The van der Waals surface area contributed by atoms with Gasteiger partial charge in [0.1, 0.15) is 5.82 Å². The number of urea groups is 1. The molecule has 1 aromatic carbocycles. The fourth-order valence-electron chi connectivity index (χ4n) is 3.95. The molecule has 2 aliphatic rings. The van der Waals surface area contributed by atoms with Gasteiger partial charge in [-0.2, -0.15) is 0 Å². The van der Waals surface area contributed by atoms with Crippen molar-refractivity contribution < 1.29 is 18.8 Å². The summed E-state index contributed by atoms with van der Waals surface area (Å²) in [5, 5.41) is 7.97. The minimum absolute atomic E-state index is 0.149. The van der Waals surface area contributed by atoms with Crippen molar-refractivity contribution >= 4 is 23.5 Å². The molecule has 4 amide bonds. The van der Waals surface area contributed by atoms with E-state index in [1.165, 1.54) is 12.1 Å². The van der Waals surface area contributed by atoms with Crippen LogP contribution in [0.3, 0.4) is 0 Å². The number of carbonyl (C=O) groups excluding carboxylic acids is 3. The van der Waals surface area contributed by atoms with Crippen LogP contribution in [0.25, 0.3) is 0 Å². The molecule has 0 bridgehead atoms. The Hall–Kier alpha value is -2.52. The molecule has 1 heterocycles. The van der Waals surface area contributed by atoms with Gasteiger partial charge in [0, 0.05) is 37.9 Å². The van der Waals surface area contributed by atoms with E-state index < -0.39 is 11.8 Å². The lowest BCUT2D eigenvalue weighted by Gasteiger charge is -2.37. The first-order valence-corrected chi connectivity index (χ1v) is 10.5. The van der Waals surface area contributed by atoms with E-state index in [1.807, 2.05) is 16.7 Å². The van der Waals surface area contributed by atoms with Gasteiger partial charge in [-0.1, -0.05) is 18.9 Å². The van der Waals surface area contributed by atoms with Gasteiger partial charge in [0.05, 0.1) is 12.6 Å². The summed E-state index contributed by atoms with van der Waals surface area (Å²) < 4.78 is 13.3. The fourth-order valence-corrected chi connectivity index (χ4v) is 3.95. The van der Waals surface area contributed by atoms with Crippen LogP contribution in [0, 0.1) is 5.82 Å². The Morgan fingerprint density at radius 3 is 2.50 bits per heavy atom. The van der Waals surface area contributed by atoms with Crippen LogP contribution < -0.4 is 16.0 Å². The van der Waals surface area contributed by atoms with E-state index in [0.29, 0.717) is 31.9 Å². The monoisotopic (exact) mass is 419 g/mol. The SMILES string of the molecule is CC(C(=O)Nc1cccc(F)c1)N1CCN(CC(=O)NC(=O)NC2CCCC2)CC1. The maximum atomic E-state index is 13.3. The van der Waals surface area contributed by atoms with Gasteiger partial charge >= 0.3 is 6.03 Å². The van der Waals surface area contributed by atoms with Crippen molar-refractivity contribution in [1.29, 1.82) is 0 Å². The first-order chi connectivity index (χ1) is 14.4. The van der Waals surface area contributed by atoms with E-state index >= 15 is 0 Å². The van der Waals surface area contributed by atoms with Crippen molar-refractivity contribution in [3.05, 3.63) is 30.1 Å². The summed E-state index contributed by atoms with van der Waals surface area (Å²) in [6.07, 6.45) is 4.16. The van der Waals surface area contributed by atoms with Crippen molar-refractivity contribution in [2.24, 2.45) is 0 Å². The molecule has 1 saturated heterocycles. The zero-order chi connectivity index (χ0) is 21.5. The molecule has 9 heteroatoms. The molecule has 3 N–H and O–H groups in total. The van der Waals surface area contributed by atoms with Crippen LogP contribution >= 0.6 is 0 Å². The molecular formula is C21H30FN5O3. The van der Waals surface area contributed by atoms with Crippen LogP contribution in [0.4, 0.5) is 14.9 Å². The highest BCUT2D eigenvalue weighted by Gasteiger charge is 2.27. The van der Waals surface area contributed by atoms with Crippen LogP contribution in [0.5, 0.6) is 0 Å². The second kappa shape index (κ2) is 10.5. The fraction of sp³-hybridized carbons (Fsp3) is 0.571. The molecule has 3 rings (SSSR count). The minimum atomic E-state index is -0.423. The van der Waals surface area contributed by atoms with Gasteiger partial charge < -0.3 is 10.6 Å². The number of hydrogen-bond acceptors (Lipinski definition) is 5. The Balaban J connectivity index is 1.37. The highest BCUT2D eigenvalue weighted by atomic mass is 19.1. The highest BCUT2D eigenvalue weighted by Crippen LogP contribution is 2.17. The van der Waals surface area contributed by atoms with Gasteiger partial charge in [-0.15, -0.1) is 0 Å². The Labute approximate surface area is 176 Å². The molecule has 1 unspecified atom stereocenters. The van der Waals surface area contributed by atoms with Crippen LogP contribution in [-0.2, 0) is 9.59 Å². The Kier molecular flexibility index (Phi) is 7.75. The number of carbonyl (C=O) groups is 3. The predicted octanol–water partition coefficient (Wildman–Crippen LogP) is 1.54. The van der Waals surface area contributed by atoms with E-state index in [1.54, 1.807) is 12.1 Å². The zero-order valence-electron chi connectivity index (χ0n) is 17.3. The number of hydrogen-bond donors (Lipinski definition) is 3. The van der Waals surface area contributed by atoms with Gasteiger partial charge in [0.2, 0.25) is 11.8 Å². The zero-order valence-corrected chi connectivity index (χ0v) is 17.3. The van der Waals surface area contributed by atoms with Crippen LogP contribution in [0.1, 0.15) is 32.6 Å². The minimum Gasteiger partial charge on any atom is -0.335 e.